The lowest BCUT2D eigenvalue weighted by molar-refractivity contribution is 0.00683. The third-order valence-corrected chi connectivity index (χ3v) is 2.67. The van der Waals surface area contributed by atoms with Crippen LogP contribution in [0.25, 0.3) is 0 Å². The van der Waals surface area contributed by atoms with Crippen molar-refractivity contribution in [1.29, 1.82) is 0 Å². The van der Waals surface area contributed by atoms with Crippen LogP contribution in [0.1, 0.15) is 55.2 Å². The minimum absolute atomic E-state index is 0.0490. The quantitative estimate of drug-likeness (QED) is 0.548. The van der Waals surface area contributed by atoms with E-state index in [1.807, 2.05) is 0 Å². The van der Waals surface area contributed by atoms with E-state index in [2.05, 4.69) is 0 Å². The maximum Gasteiger partial charge on any atom is 0.374 e. The van der Waals surface area contributed by atoms with Crippen LogP contribution in [-0.4, -0.2) is 48.6 Å². The maximum atomic E-state index is 11.7. The standard InChI is InChI=1S/C16H24O7/c1-11(2)22-15(18)13-6-5-12(23-13)14(17)21-10-9-20-8-7-16(3,4)19/h5-6,11,19H,7-10H2,1-4H3. The lowest BCUT2D eigenvalue weighted by Crippen LogP contribution is -2.21. The maximum absolute atomic E-state index is 11.7. The summed E-state index contributed by atoms with van der Waals surface area (Å²) in [6.07, 6.45) is 0.213. The first-order valence-corrected chi connectivity index (χ1v) is 7.47. The van der Waals surface area contributed by atoms with Gasteiger partial charge in [0.1, 0.15) is 6.61 Å². The van der Waals surface area contributed by atoms with E-state index >= 15 is 0 Å². The fourth-order valence-corrected chi connectivity index (χ4v) is 1.52. The summed E-state index contributed by atoms with van der Waals surface area (Å²) >= 11 is 0. The first kappa shape index (κ1) is 19.2. The number of rotatable bonds is 9. The molecular formula is C16H24O7. The molecule has 1 aromatic heterocycles. The molecule has 0 spiro atoms. The Balaban J connectivity index is 2.30. The molecule has 0 radical (unpaired) electrons. The zero-order chi connectivity index (χ0) is 17.5. The van der Waals surface area contributed by atoms with Crippen LogP contribution in [0.3, 0.4) is 0 Å². The Bertz CT molecular complexity index is 511. The van der Waals surface area contributed by atoms with E-state index in [0.29, 0.717) is 13.0 Å². The van der Waals surface area contributed by atoms with Gasteiger partial charge in [-0.25, -0.2) is 9.59 Å². The summed E-state index contributed by atoms with van der Waals surface area (Å²) in [6, 6.07) is 2.72. The van der Waals surface area contributed by atoms with Crippen molar-refractivity contribution in [3.8, 4) is 0 Å². The second-order valence-electron chi connectivity index (χ2n) is 5.93. The van der Waals surface area contributed by atoms with Gasteiger partial charge in [-0.3, -0.25) is 0 Å². The van der Waals surface area contributed by atoms with Crippen molar-refractivity contribution in [2.45, 2.75) is 45.8 Å². The van der Waals surface area contributed by atoms with Crippen molar-refractivity contribution in [3.63, 3.8) is 0 Å². The molecule has 0 saturated heterocycles. The molecule has 0 fully saturated rings. The van der Waals surface area contributed by atoms with Gasteiger partial charge >= 0.3 is 11.9 Å². The lowest BCUT2D eigenvalue weighted by Gasteiger charge is -2.16. The molecule has 0 aliphatic carbocycles. The summed E-state index contributed by atoms with van der Waals surface area (Å²) in [6.45, 7) is 7.45. The Morgan fingerprint density at radius 2 is 1.74 bits per heavy atom. The van der Waals surface area contributed by atoms with Crippen molar-refractivity contribution in [2.75, 3.05) is 19.8 Å². The third kappa shape index (κ3) is 7.80. The van der Waals surface area contributed by atoms with Gasteiger partial charge in [-0.1, -0.05) is 0 Å². The average molecular weight is 328 g/mol. The average Bonchev–Trinajstić information content (AvgIpc) is 2.90. The smallest absolute Gasteiger partial charge is 0.374 e. The SMILES string of the molecule is CC(C)OC(=O)c1ccc(C(=O)OCCOCCC(C)(C)O)o1. The summed E-state index contributed by atoms with van der Waals surface area (Å²) in [5.41, 5.74) is -0.786. The van der Waals surface area contributed by atoms with Gasteiger partial charge in [-0.15, -0.1) is 0 Å². The number of esters is 2. The number of furan rings is 1. The summed E-state index contributed by atoms with van der Waals surface area (Å²) in [7, 11) is 0. The molecule has 130 valence electrons. The molecule has 0 atom stereocenters. The first-order chi connectivity index (χ1) is 10.7. The van der Waals surface area contributed by atoms with Crippen molar-refractivity contribution >= 4 is 11.9 Å². The van der Waals surface area contributed by atoms with E-state index < -0.39 is 17.5 Å². The van der Waals surface area contributed by atoms with Crippen LogP contribution in [-0.2, 0) is 14.2 Å². The molecular weight excluding hydrogens is 304 g/mol. The van der Waals surface area contributed by atoms with Crippen LogP contribution in [0.5, 0.6) is 0 Å². The fraction of sp³-hybridized carbons (Fsp3) is 0.625. The number of hydrogen-bond donors (Lipinski definition) is 1. The van der Waals surface area contributed by atoms with Crippen LogP contribution in [0.15, 0.2) is 16.5 Å². The molecule has 7 nitrogen and oxygen atoms in total. The summed E-state index contributed by atoms with van der Waals surface area (Å²) < 4.78 is 20.3. The highest BCUT2D eigenvalue weighted by atomic mass is 16.6. The molecule has 0 aliphatic heterocycles. The molecule has 1 rings (SSSR count). The summed E-state index contributed by atoms with van der Waals surface area (Å²) in [5, 5.41) is 9.50. The summed E-state index contributed by atoms with van der Waals surface area (Å²) in [4.78, 5) is 23.3. The molecule has 0 unspecified atom stereocenters. The molecule has 1 aromatic rings. The number of aliphatic hydroxyl groups is 1. The van der Waals surface area contributed by atoms with Gasteiger partial charge in [0.25, 0.3) is 0 Å². The molecule has 23 heavy (non-hydrogen) atoms. The van der Waals surface area contributed by atoms with Crippen molar-refractivity contribution in [2.24, 2.45) is 0 Å². The van der Waals surface area contributed by atoms with Gasteiger partial charge in [-0.2, -0.15) is 0 Å². The van der Waals surface area contributed by atoms with Crippen molar-refractivity contribution in [3.05, 3.63) is 23.7 Å². The van der Waals surface area contributed by atoms with E-state index in [0.717, 1.165) is 0 Å². The largest absolute Gasteiger partial charge is 0.457 e. The predicted octanol–water partition coefficient (Wildman–Crippen LogP) is 2.18. The van der Waals surface area contributed by atoms with E-state index in [9.17, 15) is 14.7 Å². The van der Waals surface area contributed by atoms with Crippen molar-refractivity contribution < 1.29 is 33.3 Å². The van der Waals surface area contributed by atoms with E-state index in [1.165, 1.54) is 12.1 Å². The second-order valence-corrected chi connectivity index (χ2v) is 5.93. The second kappa shape index (κ2) is 8.69. The van der Waals surface area contributed by atoms with Crippen molar-refractivity contribution in [1.82, 2.24) is 0 Å². The van der Waals surface area contributed by atoms with E-state index in [4.69, 9.17) is 18.6 Å². The number of carbonyl (C=O) groups is 2. The molecule has 0 aromatic carbocycles. The number of ether oxygens (including phenoxy) is 3. The Kier molecular flexibility index (Phi) is 7.25. The normalized spacial score (nSPS) is 11.6. The van der Waals surface area contributed by atoms with E-state index in [1.54, 1.807) is 27.7 Å². The highest BCUT2D eigenvalue weighted by Crippen LogP contribution is 2.12. The first-order valence-electron chi connectivity index (χ1n) is 7.47. The highest BCUT2D eigenvalue weighted by Gasteiger charge is 2.18. The number of hydrogen-bond acceptors (Lipinski definition) is 7. The highest BCUT2D eigenvalue weighted by molar-refractivity contribution is 5.90. The zero-order valence-corrected chi connectivity index (χ0v) is 14.0. The topological polar surface area (TPSA) is 95.2 Å². The molecule has 0 aliphatic rings. The van der Waals surface area contributed by atoms with Crippen LogP contribution in [0, 0.1) is 0 Å². The predicted molar refractivity (Wildman–Crippen MR) is 81.3 cm³/mol. The van der Waals surface area contributed by atoms with E-state index in [-0.39, 0.29) is 30.8 Å². The van der Waals surface area contributed by atoms with Crippen LogP contribution >= 0.6 is 0 Å². The van der Waals surface area contributed by atoms with Crippen LogP contribution in [0.4, 0.5) is 0 Å². The molecule has 0 bridgehead atoms. The minimum atomic E-state index is -0.786. The van der Waals surface area contributed by atoms with Gasteiger partial charge in [0.15, 0.2) is 0 Å². The lowest BCUT2D eigenvalue weighted by atomic mass is 10.1. The Morgan fingerprint density at radius 3 is 2.30 bits per heavy atom. The van der Waals surface area contributed by atoms with Gasteiger partial charge < -0.3 is 23.7 Å². The van der Waals surface area contributed by atoms with Crippen LogP contribution < -0.4 is 0 Å². The molecule has 0 saturated carbocycles. The molecule has 1 N–H and O–H groups in total. The summed E-state index contributed by atoms with van der Waals surface area (Å²) in [5.74, 6) is -1.43. The van der Waals surface area contributed by atoms with Gasteiger partial charge in [0.05, 0.1) is 18.3 Å². The monoisotopic (exact) mass is 328 g/mol. The zero-order valence-electron chi connectivity index (χ0n) is 14.0. The van der Waals surface area contributed by atoms with Crippen LogP contribution in [0.2, 0.25) is 0 Å². The van der Waals surface area contributed by atoms with Gasteiger partial charge in [-0.05, 0) is 46.2 Å². The molecule has 1 heterocycles. The minimum Gasteiger partial charge on any atom is -0.457 e. The third-order valence-electron chi connectivity index (χ3n) is 2.67. The van der Waals surface area contributed by atoms with Gasteiger partial charge in [0.2, 0.25) is 11.5 Å². The molecule has 0 amide bonds. The number of carbonyl (C=O) groups excluding carboxylic acids is 2. The Hall–Kier alpha value is -1.86. The van der Waals surface area contributed by atoms with Gasteiger partial charge in [0, 0.05) is 6.61 Å². The molecule has 7 heteroatoms. The fourth-order valence-electron chi connectivity index (χ4n) is 1.52. The Labute approximate surface area is 135 Å². The Morgan fingerprint density at radius 1 is 1.13 bits per heavy atom.